The van der Waals surface area contributed by atoms with Gasteiger partial charge in [-0.2, -0.15) is 0 Å². The molecule has 1 heterocycles. The number of likely N-dealkylation sites (N-methyl/N-ethyl adjacent to an activating group) is 1. The van der Waals surface area contributed by atoms with E-state index < -0.39 is 118 Å². The maximum atomic E-state index is 14.1. The molecule has 0 aromatic carbocycles. The van der Waals surface area contributed by atoms with Crippen LogP contribution in [0, 0.1) is 17.8 Å². The molecule has 1 unspecified atom stereocenters. The van der Waals surface area contributed by atoms with Gasteiger partial charge in [0.05, 0.1) is 12.7 Å². The Balaban J connectivity index is 3.08. The maximum Gasteiger partial charge on any atom is 0.246 e. The van der Waals surface area contributed by atoms with Crippen LogP contribution >= 0.6 is 0 Å². The van der Waals surface area contributed by atoms with Crippen LogP contribution in [-0.2, 0) is 52.7 Å². The van der Waals surface area contributed by atoms with Crippen molar-refractivity contribution >= 4 is 64.9 Å². The molecule has 0 radical (unpaired) electrons. The fourth-order valence-electron chi connectivity index (χ4n) is 9.53. The minimum Gasteiger partial charge on any atom is -0.395 e. The first-order valence-electron chi connectivity index (χ1n) is 30.0. The lowest BCUT2D eigenvalue weighted by Gasteiger charge is -2.34. The number of amides is 10. The molecule has 1 aliphatic heterocycles. The van der Waals surface area contributed by atoms with E-state index in [0.29, 0.717) is 38.9 Å². The maximum absolute atomic E-state index is 14.1. The summed E-state index contributed by atoms with van der Waals surface area (Å²) in [5.41, 5.74) is -4.93. The second-order valence-corrected chi connectivity index (χ2v) is 25.1. The van der Waals surface area contributed by atoms with Crippen LogP contribution in [0.5, 0.6) is 0 Å². The van der Waals surface area contributed by atoms with Gasteiger partial charge in [-0.1, -0.05) is 80.1 Å². The van der Waals surface area contributed by atoms with Crippen molar-refractivity contribution in [3.63, 3.8) is 0 Å². The number of hydrogen-bond donors (Lipinski definition) is 11. The number of carbonyl (C=O) groups excluding carboxylic acids is 11. The highest BCUT2D eigenvalue weighted by Crippen LogP contribution is 2.24. The molecule has 1 aliphatic rings. The van der Waals surface area contributed by atoms with Crippen molar-refractivity contribution in [2.24, 2.45) is 17.8 Å². The zero-order valence-corrected chi connectivity index (χ0v) is 53.2. The van der Waals surface area contributed by atoms with Gasteiger partial charge < -0.3 is 67.9 Å². The summed E-state index contributed by atoms with van der Waals surface area (Å²) in [7, 11) is 1.79. The molecule has 476 valence electrons. The number of aliphatic hydroxyl groups excluding tert-OH is 2. The number of rotatable bonds is 38. The van der Waals surface area contributed by atoms with Crippen molar-refractivity contribution in [1.29, 1.82) is 0 Å². The molecule has 0 aromatic rings. The van der Waals surface area contributed by atoms with Crippen molar-refractivity contribution in [2.75, 3.05) is 33.3 Å². The number of hydrogen-bond acceptors (Lipinski definition) is 14. The summed E-state index contributed by atoms with van der Waals surface area (Å²) in [5.74, 6) is -7.74. The van der Waals surface area contributed by atoms with Crippen LogP contribution in [0.4, 0.5) is 0 Å². The Kier molecular flexibility index (Phi) is 32.2. The van der Waals surface area contributed by atoms with Crippen molar-refractivity contribution in [3.8, 4) is 0 Å². The van der Waals surface area contributed by atoms with Crippen molar-refractivity contribution in [3.05, 3.63) is 0 Å². The van der Waals surface area contributed by atoms with Crippen LogP contribution in [-0.4, -0.2) is 183 Å². The van der Waals surface area contributed by atoms with E-state index in [0.717, 1.165) is 32.1 Å². The molecule has 1 fully saturated rings. The molecule has 1 rings (SSSR count). The molecule has 10 atom stereocenters. The molecule has 0 bridgehead atoms. The quantitative estimate of drug-likeness (QED) is 0.0393. The van der Waals surface area contributed by atoms with E-state index in [2.05, 4.69) is 54.8 Å². The normalized spacial score (nSPS) is 17.1. The second-order valence-electron chi connectivity index (χ2n) is 25.1. The van der Waals surface area contributed by atoms with Gasteiger partial charge in [0.25, 0.3) is 0 Å². The van der Waals surface area contributed by atoms with Gasteiger partial charge in [0.15, 0.2) is 0 Å². The summed E-state index contributed by atoms with van der Waals surface area (Å²) in [4.78, 5) is 152. The SMILES string of the molecule is CCCCCCCC[C@@H](C)C(=O)N1CCC[C@H]1C(=O)N[C@@H](C[C@H](C)C[C@H](O)CC(=O)CC)C(=O)N[C@@H](C)C(=O)NC(C)(C)C(=O)NC(C)(C)C(=O)N[C@H](C(=O)N[C@@H](C)C(=O)NC(C)(C)C(=O)NC(C)C(=O)N[C@@H](C)CN(C)CCO)C(C)C. The summed E-state index contributed by atoms with van der Waals surface area (Å²) in [6.45, 7) is 26.5. The highest BCUT2D eigenvalue weighted by atomic mass is 16.3. The minimum absolute atomic E-state index is 0.0196. The molecule has 24 heteroatoms. The predicted molar refractivity (Wildman–Crippen MR) is 317 cm³/mol. The van der Waals surface area contributed by atoms with Gasteiger partial charge >= 0.3 is 0 Å². The van der Waals surface area contributed by atoms with Crippen molar-refractivity contribution in [2.45, 2.75) is 259 Å². The lowest BCUT2D eigenvalue weighted by atomic mass is 9.92. The molecule has 0 saturated carbocycles. The summed E-state index contributed by atoms with van der Waals surface area (Å²) in [6, 6.07) is -7.00. The number of likely N-dealkylation sites (tertiary alicyclic amines) is 1. The average molecular weight is 1180 g/mol. The topological polar surface area (TPSA) is 343 Å². The first kappa shape index (κ1) is 75.3. The number of ketones is 1. The van der Waals surface area contributed by atoms with E-state index in [1.165, 1.54) is 68.7 Å². The van der Waals surface area contributed by atoms with Gasteiger partial charge in [-0.05, 0) is 120 Å². The Morgan fingerprint density at radius 3 is 1.67 bits per heavy atom. The molecule has 0 aromatic heterocycles. The number of aliphatic hydroxyl groups is 2. The largest absolute Gasteiger partial charge is 0.395 e. The summed E-state index contributed by atoms with van der Waals surface area (Å²) in [5, 5.41) is 43.7. The molecule has 24 nitrogen and oxygen atoms in total. The first-order valence-corrected chi connectivity index (χ1v) is 30.0. The number of nitrogens with zero attached hydrogens (tertiary/aromatic N) is 2. The molecule has 0 spiro atoms. The van der Waals surface area contributed by atoms with Crippen LogP contribution in [0.15, 0.2) is 0 Å². The molecular formula is C59H107N11O13. The fourth-order valence-corrected chi connectivity index (χ4v) is 9.53. The average Bonchev–Trinajstić information content (AvgIpc) is 4.12. The Morgan fingerprint density at radius 2 is 1.12 bits per heavy atom. The Labute approximate surface area is 494 Å². The van der Waals surface area contributed by atoms with E-state index in [1.54, 1.807) is 46.6 Å². The van der Waals surface area contributed by atoms with Crippen molar-refractivity contribution < 1.29 is 63.0 Å². The third-order valence-corrected chi connectivity index (χ3v) is 15.0. The third kappa shape index (κ3) is 26.4. The predicted octanol–water partition coefficient (Wildman–Crippen LogP) is 1.76. The monoisotopic (exact) mass is 1180 g/mol. The van der Waals surface area contributed by atoms with Crippen molar-refractivity contribution in [1.82, 2.24) is 57.7 Å². The van der Waals surface area contributed by atoms with Gasteiger partial charge in [-0.25, -0.2) is 0 Å². The van der Waals surface area contributed by atoms with Crippen LogP contribution in [0.1, 0.15) is 194 Å². The summed E-state index contributed by atoms with van der Waals surface area (Å²) in [6.07, 6.45) is 7.55. The van der Waals surface area contributed by atoms with Crippen LogP contribution in [0.2, 0.25) is 0 Å². The zero-order chi connectivity index (χ0) is 63.7. The fraction of sp³-hybridized carbons (Fsp3) is 0.814. The van der Waals surface area contributed by atoms with E-state index in [1.807, 2.05) is 11.8 Å². The molecule has 1 saturated heterocycles. The highest BCUT2D eigenvalue weighted by molar-refractivity contribution is 6.00. The number of nitrogens with one attached hydrogen (secondary N) is 9. The molecule has 10 amide bonds. The van der Waals surface area contributed by atoms with E-state index in [4.69, 9.17) is 5.11 Å². The standard InChI is InChI=1S/C59H107N11O13/c1-18-20-21-22-23-24-26-37(6)53(80)70-28-25-27-45(70)51(78)64-44(32-36(5)31-43(73)33-42(72)19-2)50(77)61-40(9)48(75)67-59(15,16)56(83)68-58(13,14)55(82)65-46(35(3)4)52(79)62-41(10)49(76)66-57(11,12)54(81)63-39(8)47(74)60-38(7)34-69(17)29-30-71/h35-41,43-46,71,73H,18-34H2,1-17H3,(H,60,74)(H,61,77)(H,62,79)(H,63,81)(H,64,78)(H,65,82)(H,66,76)(H,67,75)(H,68,83)/t36-,37-,38+,39?,40+,41+,43+,44+,45+,46+/m1/s1. The molecule has 11 N–H and O–H groups in total. The number of Topliss-reactive ketones (excluding diaryl/α,β-unsaturated/α-hetero) is 1. The molecular weight excluding hydrogens is 1070 g/mol. The Bertz CT molecular complexity index is 2190. The second kappa shape index (κ2) is 35.5. The smallest absolute Gasteiger partial charge is 0.246 e. The lowest BCUT2D eigenvalue weighted by molar-refractivity contribution is -0.142. The Morgan fingerprint density at radius 1 is 0.602 bits per heavy atom. The highest BCUT2D eigenvalue weighted by Gasteiger charge is 2.42. The van der Waals surface area contributed by atoms with Crippen LogP contribution in [0.3, 0.4) is 0 Å². The van der Waals surface area contributed by atoms with Gasteiger partial charge in [0.1, 0.15) is 58.7 Å². The van der Waals surface area contributed by atoms with Gasteiger partial charge in [-0.15, -0.1) is 0 Å². The third-order valence-electron chi connectivity index (χ3n) is 15.0. The first-order chi connectivity index (χ1) is 38.4. The number of unbranched alkanes of at least 4 members (excludes halogenated alkanes) is 5. The van der Waals surface area contributed by atoms with Gasteiger partial charge in [0.2, 0.25) is 59.1 Å². The summed E-state index contributed by atoms with van der Waals surface area (Å²) >= 11 is 0. The van der Waals surface area contributed by atoms with Crippen LogP contribution < -0.4 is 47.9 Å². The van der Waals surface area contributed by atoms with Crippen LogP contribution in [0.25, 0.3) is 0 Å². The van der Waals surface area contributed by atoms with E-state index in [-0.39, 0.29) is 61.9 Å². The van der Waals surface area contributed by atoms with Gasteiger partial charge in [0, 0.05) is 44.4 Å². The zero-order valence-electron chi connectivity index (χ0n) is 53.2. The lowest BCUT2D eigenvalue weighted by Crippen LogP contribution is -2.66. The minimum atomic E-state index is -1.70. The Hall–Kier alpha value is -5.75. The molecule has 83 heavy (non-hydrogen) atoms. The van der Waals surface area contributed by atoms with E-state index >= 15 is 0 Å². The molecule has 0 aliphatic carbocycles. The number of carbonyl (C=O) groups is 11. The summed E-state index contributed by atoms with van der Waals surface area (Å²) < 4.78 is 0. The van der Waals surface area contributed by atoms with E-state index in [9.17, 15) is 57.8 Å². The van der Waals surface area contributed by atoms with Gasteiger partial charge in [-0.3, -0.25) is 52.7 Å².